The van der Waals surface area contributed by atoms with Crippen molar-refractivity contribution in [2.75, 3.05) is 32.1 Å². The van der Waals surface area contributed by atoms with Gasteiger partial charge in [0.15, 0.2) is 0 Å². The van der Waals surface area contributed by atoms with Crippen molar-refractivity contribution < 1.29 is 33.8 Å². The van der Waals surface area contributed by atoms with Gasteiger partial charge in [-0.05, 0) is 52.6 Å². The summed E-state index contributed by atoms with van der Waals surface area (Å²) in [5.74, 6) is -0.869. The monoisotopic (exact) mass is 775 g/mol. The summed E-state index contributed by atoms with van der Waals surface area (Å²) in [5.41, 5.74) is 6.45. The van der Waals surface area contributed by atoms with Crippen LogP contribution >= 0.6 is 11.8 Å². The molecule has 0 radical (unpaired) electrons. The number of rotatable bonds is 13. The normalized spacial score (nSPS) is 18.6. The number of aliphatic hydroxyl groups excluding tert-OH is 1. The minimum absolute atomic E-state index is 0.0569. The quantitative estimate of drug-likeness (QED) is 0.102. The van der Waals surface area contributed by atoms with E-state index in [-0.39, 0.29) is 56.9 Å². The van der Waals surface area contributed by atoms with E-state index in [0.717, 1.165) is 33.4 Å². The summed E-state index contributed by atoms with van der Waals surface area (Å²) in [6.45, 7) is 0.248. The van der Waals surface area contributed by atoms with Gasteiger partial charge in [-0.1, -0.05) is 121 Å². The Morgan fingerprint density at radius 3 is 2.18 bits per heavy atom. The summed E-state index contributed by atoms with van der Waals surface area (Å²) in [7, 11) is 0. The molecule has 4 aromatic rings. The lowest BCUT2D eigenvalue weighted by molar-refractivity contribution is -0.147. The second-order valence-corrected chi connectivity index (χ2v) is 15.1. The van der Waals surface area contributed by atoms with E-state index in [1.165, 1.54) is 0 Å². The summed E-state index contributed by atoms with van der Waals surface area (Å²) in [6, 6.07) is 34.1. The zero-order chi connectivity index (χ0) is 39.1. The molecule has 0 aromatic heterocycles. The molecule has 3 amide bonds. The van der Waals surface area contributed by atoms with Gasteiger partial charge in [0.05, 0.1) is 18.6 Å². The van der Waals surface area contributed by atoms with Crippen molar-refractivity contribution in [2.24, 2.45) is 5.92 Å². The largest absolute Gasteiger partial charge is 0.462 e. The van der Waals surface area contributed by atoms with Gasteiger partial charge >= 0.3 is 12.1 Å². The number of alkyl carbamates (subject to hydrolysis) is 1. The Balaban J connectivity index is 1.12. The van der Waals surface area contributed by atoms with Crippen LogP contribution in [0, 0.1) is 5.92 Å². The van der Waals surface area contributed by atoms with E-state index in [9.17, 15) is 24.3 Å². The Hall–Kier alpha value is -5.39. The predicted octanol–water partition coefficient (Wildman–Crippen LogP) is 6.62. The lowest BCUT2D eigenvalue weighted by Gasteiger charge is -2.26. The molecule has 11 heteroatoms. The smallest absolute Gasteiger partial charge is 0.407 e. The van der Waals surface area contributed by atoms with Gasteiger partial charge in [-0.3, -0.25) is 9.59 Å². The second-order valence-electron chi connectivity index (χ2n) is 14.1. The molecule has 0 fully saturated rings. The van der Waals surface area contributed by atoms with Gasteiger partial charge in [-0.2, -0.15) is 11.8 Å². The SMILES string of the molecule is O=C(N[C@H]1CCC=CC[C@H](CC(=O)N(CCO)Cc2ccccc2)C(=O)N[C@@H](CSCc2ccccc2)COC1=O)OCC1c2ccccc2-c2ccccc21. The van der Waals surface area contributed by atoms with Crippen LogP contribution in [0.1, 0.15) is 53.9 Å². The van der Waals surface area contributed by atoms with Crippen molar-refractivity contribution in [2.45, 2.75) is 56.0 Å². The molecule has 3 atom stereocenters. The molecule has 1 heterocycles. The zero-order valence-corrected chi connectivity index (χ0v) is 32.2. The third-order valence-electron chi connectivity index (χ3n) is 10.1. The highest BCUT2D eigenvalue weighted by Crippen LogP contribution is 2.44. The fourth-order valence-corrected chi connectivity index (χ4v) is 8.15. The number of esters is 1. The Labute approximate surface area is 332 Å². The van der Waals surface area contributed by atoms with Crippen LogP contribution < -0.4 is 10.6 Å². The lowest BCUT2D eigenvalue weighted by Crippen LogP contribution is -2.47. The van der Waals surface area contributed by atoms with Crippen molar-refractivity contribution in [1.29, 1.82) is 0 Å². The van der Waals surface area contributed by atoms with Gasteiger partial charge in [0, 0.05) is 36.9 Å². The Bertz CT molecular complexity index is 1910. The molecule has 0 spiro atoms. The highest BCUT2D eigenvalue weighted by atomic mass is 32.2. The number of hydrogen-bond donors (Lipinski definition) is 3. The van der Waals surface area contributed by atoms with Gasteiger partial charge in [-0.15, -0.1) is 0 Å². The maximum atomic E-state index is 13.9. The molecule has 0 saturated carbocycles. The first-order valence-corrected chi connectivity index (χ1v) is 20.3. The number of carbonyl (C=O) groups excluding carboxylic acids is 4. The molecule has 0 saturated heterocycles. The van der Waals surface area contributed by atoms with E-state index in [4.69, 9.17) is 9.47 Å². The van der Waals surface area contributed by atoms with E-state index in [1.54, 1.807) is 16.7 Å². The van der Waals surface area contributed by atoms with Gasteiger partial charge in [0.25, 0.3) is 0 Å². The van der Waals surface area contributed by atoms with E-state index >= 15 is 0 Å². The highest BCUT2D eigenvalue weighted by molar-refractivity contribution is 7.98. The first-order valence-electron chi connectivity index (χ1n) is 19.2. The number of nitrogens with one attached hydrogen (secondary N) is 2. The number of ether oxygens (including phenoxy) is 2. The van der Waals surface area contributed by atoms with Crippen molar-refractivity contribution in [3.8, 4) is 11.1 Å². The molecule has 1 aliphatic carbocycles. The number of hydrogen-bond acceptors (Lipinski definition) is 8. The Kier molecular flexibility index (Phi) is 14.7. The molecule has 292 valence electrons. The van der Waals surface area contributed by atoms with Crippen molar-refractivity contribution >= 4 is 35.6 Å². The van der Waals surface area contributed by atoms with E-state index in [2.05, 4.69) is 22.8 Å². The van der Waals surface area contributed by atoms with Crippen molar-refractivity contribution in [3.63, 3.8) is 0 Å². The fourth-order valence-electron chi connectivity index (χ4n) is 7.14. The van der Waals surface area contributed by atoms with Crippen molar-refractivity contribution in [1.82, 2.24) is 15.5 Å². The maximum Gasteiger partial charge on any atom is 0.407 e. The third-order valence-corrected chi connectivity index (χ3v) is 11.2. The summed E-state index contributed by atoms with van der Waals surface area (Å²) in [6.07, 6.45) is 3.87. The number of nitrogens with zero attached hydrogens (tertiary/aromatic N) is 1. The number of benzene rings is 4. The average molecular weight is 776 g/mol. The first kappa shape index (κ1) is 40.3. The van der Waals surface area contributed by atoms with Gasteiger partial charge in [-0.25, -0.2) is 9.59 Å². The van der Waals surface area contributed by atoms with Crippen LogP contribution in [-0.2, 0) is 36.2 Å². The molecule has 56 heavy (non-hydrogen) atoms. The summed E-state index contributed by atoms with van der Waals surface area (Å²) in [4.78, 5) is 55.9. The second kappa shape index (κ2) is 20.5. The predicted molar refractivity (Wildman–Crippen MR) is 218 cm³/mol. The van der Waals surface area contributed by atoms with Crippen LogP contribution in [0.2, 0.25) is 0 Å². The van der Waals surface area contributed by atoms with Crippen LogP contribution in [0.25, 0.3) is 11.1 Å². The molecule has 2 aliphatic rings. The van der Waals surface area contributed by atoms with Crippen LogP contribution in [0.3, 0.4) is 0 Å². The minimum Gasteiger partial charge on any atom is -0.462 e. The van der Waals surface area contributed by atoms with E-state index < -0.39 is 30.1 Å². The maximum absolute atomic E-state index is 13.9. The zero-order valence-electron chi connectivity index (χ0n) is 31.4. The van der Waals surface area contributed by atoms with E-state index in [0.29, 0.717) is 30.9 Å². The van der Waals surface area contributed by atoms with Crippen LogP contribution in [0.15, 0.2) is 121 Å². The van der Waals surface area contributed by atoms with Gasteiger partial charge < -0.3 is 30.1 Å². The average Bonchev–Trinajstić information content (AvgIpc) is 3.54. The number of amides is 3. The van der Waals surface area contributed by atoms with E-state index in [1.807, 2.05) is 109 Å². The van der Waals surface area contributed by atoms with Gasteiger partial charge in [0.1, 0.15) is 19.3 Å². The summed E-state index contributed by atoms with van der Waals surface area (Å²) < 4.78 is 11.5. The van der Waals surface area contributed by atoms with Gasteiger partial charge in [0.2, 0.25) is 11.8 Å². The standard InChI is InChI=1S/C45H49N3O7S/c49-25-24-48(27-32-14-4-1-5-15-32)42(50)26-34-18-8-3-9-23-41(44(52)54-28-35(46-43(34)51)31-56-30-33-16-6-2-7-17-33)47-45(53)55-29-40-38-21-12-10-19-36(38)37-20-11-13-22-39(37)40/h1-8,10-17,19-22,34-35,40-41,49H,9,18,23-31H2,(H,46,51)(H,47,53)/t34-,35-,41+/m1/s1. The van der Waals surface area contributed by atoms with Crippen LogP contribution in [0.4, 0.5) is 4.79 Å². The molecular formula is C45H49N3O7S. The van der Waals surface area contributed by atoms with Crippen LogP contribution in [-0.4, -0.2) is 78.1 Å². The Morgan fingerprint density at radius 1 is 0.857 bits per heavy atom. The molecule has 6 rings (SSSR count). The lowest BCUT2D eigenvalue weighted by atomic mass is 9.98. The molecule has 1 aliphatic heterocycles. The number of fused-ring (bicyclic) bond motifs is 3. The molecule has 10 nitrogen and oxygen atoms in total. The van der Waals surface area contributed by atoms with Crippen LogP contribution in [0.5, 0.6) is 0 Å². The molecule has 0 bridgehead atoms. The number of aliphatic hydroxyl groups is 1. The fraction of sp³-hybridized carbons (Fsp3) is 0.333. The number of allylic oxidation sites excluding steroid dienone is 2. The summed E-state index contributed by atoms with van der Waals surface area (Å²) >= 11 is 1.59. The molecule has 0 unspecified atom stereocenters. The first-order chi connectivity index (χ1) is 27.4. The number of carbonyl (C=O) groups is 4. The third kappa shape index (κ3) is 11.1. The highest BCUT2D eigenvalue weighted by Gasteiger charge is 2.31. The molecule has 3 N–H and O–H groups in total. The molecular weight excluding hydrogens is 727 g/mol. The minimum atomic E-state index is -0.980. The number of cyclic esters (lactones) is 1. The summed E-state index contributed by atoms with van der Waals surface area (Å²) in [5, 5.41) is 15.5. The Morgan fingerprint density at radius 2 is 1.50 bits per heavy atom. The number of thioether (sulfide) groups is 1. The van der Waals surface area contributed by atoms with Crippen molar-refractivity contribution in [3.05, 3.63) is 144 Å². The topological polar surface area (TPSA) is 134 Å². The molecule has 4 aromatic carbocycles.